The number of anilines is 1. The molecule has 8 nitrogen and oxygen atoms in total. The predicted octanol–water partition coefficient (Wildman–Crippen LogP) is 3.80. The monoisotopic (exact) mass is 515 g/mol. The van der Waals surface area contributed by atoms with Gasteiger partial charge in [0.05, 0.1) is 5.92 Å². The Morgan fingerprint density at radius 3 is 2.46 bits per heavy atom. The Kier molecular flexibility index (Phi) is 8.11. The van der Waals surface area contributed by atoms with Crippen LogP contribution in [0.4, 0.5) is 5.13 Å². The van der Waals surface area contributed by atoms with Crippen molar-refractivity contribution in [2.24, 2.45) is 11.8 Å². The molecule has 2 aliphatic rings. The molecule has 1 unspecified atom stereocenters. The number of carbonyl (C=O) groups is 3. The van der Waals surface area contributed by atoms with Crippen molar-refractivity contribution in [2.75, 3.05) is 25.0 Å². The molecule has 4 rings (SSSR count). The molecule has 3 heterocycles. The second-order valence-corrected chi connectivity index (χ2v) is 12.2. The summed E-state index contributed by atoms with van der Waals surface area (Å²) in [6, 6.07) is 10.3. The van der Waals surface area contributed by atoms with Crippen molar-refractivity contribution in [1.29, 1.82) is 0 Å². The quantitative estimate of drug-likeness (QED) is 0.603. The van der Waals surface area contributed by atoms with Crippen LogP contribution in [0.3, 0.4) is 0 Å². The molecule has 2 fully saturated rings. The summed E-state index contributed by atoms with van der Waals surface area (Å²) in [5.41, 5.74) is 0.994. The summed E-state index contributed by atoms with van der Waals surface area (Å²) in [6.45, 7) is 7.53. The Labute approximate surface area is 214 Å². The zero-order valence-electron chi connectivity index (χ0n) is 20.5. The van der Waals surface area contributed by atoms with E-state index < -0.39 is 0 Å². The van der Waals surface area contributed by atoms with Crippen molar-refractivity contribution in [1.82, 2.24) is 20.0 Å². The van der Waals surface area contributed by atoms with Gasteiger partial charge < -0.3 is 15.1 Å². The molecule has 2 saturated heterocycles. The van der Waals surface area contributed by atoms with Crippen LogP contribution in [0.2, 0.25) is 0 Å². The predicted molar refractivity (Wildman–Crippen MR) is 139 cm³/mol. The minimum atomic E-state index is -0.285. The maximum absolute atomic E-state index is 13.0. The molecule has 0 bridgehead atoms. The highest BCUT2D eigenvalue weighted by Gasteiger charge is 2.41. The minimum absolute atomic E-state index is 0.0331. The maximum Gasteiger partial charge on any atom is 0.229 e. The first kappa shape index (κ1) is 25.6. The Balaban J connectivity index is 1.20. The molecule has 1 atom stereocenters. The summed E-state index contributed by atoms with van der Waals surface area (Å²) in [5, 5.41) is 12.7. The average Bonchev–Trinajstić information content (AvgIpc) is 3.45. The number of likely N-dealkylation sites (tertiary alicyclic amines) is 2. The fourth-order valence-corrected chi connectivity index (χ4v) is 6.33. The van der Waals surface area contributed by atoms with Crippen LogP contribution < -0.4 is 5.32 Å². The van der Waals surface area contributed by atoms with Gasteiger partial charge in [0, 0.05) is 49.0 Å². The Bertz CT molecular complexity index is 1040. The lowest BCUT2D eigenvalue weighted by Crippen LogP contribution is -2.46. The molecule has 0 saturated carbocycles. The van der Waals surface area contributed by atoms with E-state index in [1.165, 1.54) is 16.9 Å². The third-order valence-corrected chi connectivity index (χ3v) is 8.53. The first-order chi connectivity index (χ1) is 16.7. The van der Waals surface area contributed by atoms with Crippen LogP contribution in [0.15, 0.2) is 30.3 Å². The number of hydrogen-bond acceptors (Lipinski definition) is 7. The van der Waals surface area contributed by atoms with E-state index in [1.54, 1.807) is 16.7 Å². The van der Waals surface area contributed by atoms with Crippen LogP contribution in [-0.2, 0) is 25.9 Å². The maximum atomic E-state index is 13.0. The third kappa shape index (κ3) is 6.61. The van der Waals surface area contributed by atoms with E-state index in [4.69, 9.17) is 0 Å². The van der Waals surface area contributed by atoms with Crippen LogP contribution in [-0.4, -0.2) is 62.9 Å². The van der Waals surface area contributed by atoms with Gasteiger partial charge in [-0.3, -0.25) is 14.4 Å². The van der Waals surface area contributed by atoms with Crippen LogP contribution in [0.1, 0.15) is 50.6 Å². The van der Waals surface area contributed by atoms with Crippen LogP contribution in [0, 0.1) is 11.8 Å². The number of rotatable bonds is 7. The number of benzene rings is 1. The van der Waals surface area contributed by atoms with Crippen molar-refractivity contribution in [2.45, 2.75) is 57.1 Å². The molecular weight excluding hydrogens is 482 g/mol. The van der Waals surface area contributed by atoms with Gasteiger partial charge >= 0.3 is 0 Å². The summed E-state index contributed by atoms with van der Waals surface area (Å²) >= 11 is 3.18. The molecule has 2 aliphatic heterocycles. The highest BCUT2D eigenvalue weighted by molar-refractivity contribution is 7.97. The van der Waals surface area contributed by atoms with Crippen molar-refractivity contribution in [3.05, 3.63) is 40.9 Å². The van der Waals surface area contributed by atoms with E-state index in [0.29, 0.717) is 37.6 Å². The van der Waals surface area contributed by atoms with Crippen LogP contribution in [0.25, 0.3) is 0 Å². The van der Waals surface area contributed by atoms with Crippen molar-refractivity contribution in [3.63, 3.8) is 0 Å². The number of amides is 3. The number of aromatic nitrogens is 2. The summed E-state index contributed by atoms with van der Waals surface area (Å²) in [5.74, 6) is 1.22. The zero-order valence-corrected chi connectivity index (χ0v) is 22.2. The average molecular weight is 516 g/mol. The highest BCUT2D eigenvalue weighted by Crippen LogP contribution is 2.29. The second-order valence-electron chi connectivity index (χ2n) is 10.1. The Hall–Kier alpha value is -2.46. The lowest BCUT2D eigenvalue weighted by molar-refractivity contribution is -0.138. The molecule has 0 aliphatic carbocycles. The van der Waals surface area contributed by atoms with Crippen LogP contribution >= 0.6 is 23.1 Å². The molecule has 1 N–H and O–H groups in total. The van der Waals surface area contributed by atoms with E-state index in [1.807, 2.05) is 43.9 Å². The Morgan fingerprint density at radius 1 is 1.09 bits per heavy atom. The number of nitrogens with zero attached hydrogens (tertiary/aromatic N) is 4. The van der Waals surface area contributed by atoms with E-state index in [9.17, 15) is 14.4 Å². The summed E-state index contributed by atoms with van der Waals surface area (Å²) < 4.78 is 0. The lowest BCUT2D eigenvalue weighted by atomic mass is 9.94. The van der Waals surface area contributed by atoms with Gasteiger partial charge in [0.1, 0.15) is 5.01 Å². The van der Waals surface area contributed by atoms with Gasteiger partial charge in [0.25, 0.3) is 0 Å². The summed E-state index contributed by atoms with van der Waals surface area (Å²) in [4.78, 5) is 41.7. The van der Waals surface area contributed by atoms with E-state index in [0.717, 1.165) is 16.5 Å². The van der Waals surface area contributed by atoms with E-state index >= 15 is 0 Å². The fraction of sp³-hybridized carbons (Fsp3) is 0.560. The van der Waals surface area contributed by atoms with E-state index in [2.05, 4.69) is 27.6 Å². The molecule has 188 valence electrons. The van der Waals surface area contributed by atoms with Crippen molar-refractivity contribution in [3.8, 4) is 0 Å². The Morgan fingerprint density at radius 2 is 1.80 bits per heavy atom. The van der Waals surface area contributed by atoms with Crippen molar-refractivity contribution >= 4 is 46.0 Å². The van der Waals surface area contributed by atoms with Crippen LogP contribution in [0.5, 0.6) is 0 Å². The SMILES string of the molecule is CC(C)(C)N1CC(C(=O)N2CCC(C(=O)Nc3nnc(CSCc4ccccc4)s3)CC2)CC1=O. The number of carbonyl (C=O) groups excluding carboxylic acids is 3. The smallest absolute Gasteiger partial charge is 0.229 e. The van der Waals surface area contributed by atoms with Gasteiger partial charge in [-0.05, 0) is 39.2 Å². The molecule has 1 aromatic heterocycles. The van der Waals surface area contributed by atoms with Gasteiger partial charge in [-0.1, -0.05) is 41.7 Å². The van der Waals surface area contributed by atoms with Gasteiger partial charge in [-0.2, -0.15) is 0 Å². The van der Waals surface area contributed by atoms with Gasteiger partial charge in [0.2, 0.25) is 22.9 Å². The molecule has 0 spiro atoms. The number of nitrogens with one attached hydrogen (secondary N) is 1. The fourth-order valence-electron chi connectivity index (χ4n) is 4.54. The second kappa shape index (κ2) is 11.1. The molecule has 0 radical (unpaired) electrons. The molecule has 35 heavy (non-hydrogen) atoms. The summed E-state index contributed by atoms with van der Waals surface area (Å²) in [7, 11) is 0. The molecule has 2 aromatic rings. The highest BCUT2D eigenvalue weighted by atomic mass is 32.2. The minimum Gasteiger partial charge on any atom is -0.342 e. The van der Waals surface area contributed by atoms with Crippen molar-refractivity contribution < 1.29 is 14.4 Å². The van der Waals surface area contributed by atoms with E-state index in [-0.39, 0.29) is 41.5 Å². The molecule has 1 aromatic carbocycles. The largest absolute Gasteiger partial charge is 0.342 e. The first-order valence-electron chi connectivity index (χ1n) is 12.0. The topological polar surface area (TPSA) is 95.5 Å². The van der Waals surface area contributed by atoms with Gasteiger partial charge in [-0.25, -0.2) is 0 Å². The first-order valence-corrected chi connectivity index (χ1v) is 14.0. The summed E-state index contributed by atoms with van der Waals surface area (Å²) in [6.07, 6.45) is 1.50. The standard InChI is InChI=1S/C25H33N5O3S2/c1-25(2,3)30-14-19(13-21(30)31)23(33)29-11-9-18(10-12-29)22(32)26-24-28-27-20(35-24)16-34-15-17-7-5-4-6-8-17/h4-8,18-19H,9-16H2,1-3H3,(H,26,28,32). The molecule has 10 heteroatoms. The van der Waals surface area contributed by atoms with Gasteiger partial charge in [0.15, 0.2) is 0 Å². The zero-order chi connectivity index (χ0) is 25.0. The third-order valence-electron chi connectivity index (χ3n) is 6.50. The van der Waals surface area contributed by atoms with Gasteiger partial charge in [-0.15, -0.1) is 22.0 Å². The number of piperidine rings is 1. The molecular formula is C25H33N5O3S2. The normalized spacial score (nSPS) is 19.3. The molecule has 3 amide bonds. The lowest BCUT2D eigenvalue weighted by Gasteiger charge is -2.34. The number of thioether (sulfide) groups is 1. The number of hydrogen-bond donors (Lipinski definition) is 1.